The van der Waals surface area contributed by atoms with Crippen LogP contribution >= 0.6 is 0 Å². The molecule has 0 aromatic heterocycles. The summed E-state index contributed by atoms with van der Waals surface area (Å²) in [6, 6.07) is 0. The molecule has 8 nitrogen and oxygen atoms in total. The molecule has 0 aromatic carbocycles. The average molecular weight is 404 g/mol. The van der Waals surface area contributed by atoms with E-state index in [-0.39, 0.29) is 75.4 Å². The van der Waals surface area contributed by atoms with E-state index in [4.69, 9.17) is 31.4 Å². The van der Waals surface area contributed by atoms with E-state index in [1.807, 2.05) is 0 Å². The Morgan fingerprint density at radius 2 is 0.667 bits per heavy atom. The van der Waals surface area contributed by atoms with E-state index in [9.17, 15) is 0 Å². The first-order chi connectivity index (χ1) is 4.00. The number of halogens is 1. The molecule has 0 N–H and O–H groups in total. The molecular formula is IKMn2O8. The van der Waals surface area contributed by atoms with Crippen LogP contribution in [0.25, 0.3) is 0 Å². The van der Waals surface area contributed by atoms with Crippen molar-refractivity contribution in [2.75, 3.05) is 0 Å². The van der Waals surface area contributed by atoms with Crippen LogP contribution < -0.4 is 83.7 Å². The minimum absolute atomic E-state index is 0. The van der Waals surface area contributed by atoms with E-state index in [1.54, 1.807) is 0 Å². The van der Waals surface area contributed by atoms with Gasteiger partial charge >= 0.3 is 133 Å². The summed E-state index contributed by atoms with van der Waals surface area (Å²) in [4.78, 5) is 0. The van der Waals surface area contributed by atoms with Gasteiger partial charge in [0.2, 0.25) is 0 Å². The van der Waals surface area contributed by atoms with Crippen LogP contribution in [0.5, 0.6) is 0 Å². The molecule has 12 heteroatoms. The fourth-order valence-electron chi connectivity index (χ4n) is 0. The molecule has 0 spiro atoms. The maximum absolute atomic E-state index is 8.58. The van der Waals surface area contributed by atoms with Gasteiger partial charge in [0, 0.05) is 0 Å². The van der Waals surface area contributed by atoms with Crippen LogP contribution in [0.2, 0.25) is 0 Å². The van der Waals surface area contributed by atoms with Crippen molar-refractivity contribution >= 4 is 0 Å². The van der Waals surface area contributed by atoms with Crippen LogP contribution in [-0.2, 0) is 48.9 Å². The van der Waals surface area contributed by atoms with Crippen molar-refractivity contribution < 1.29 is 133 Å². The molecule has 70 valence electrons. The van der Waals surface area contributed by atoms with Gasteiger partial charge in [-0.25, -0.2) is 0 Å². The van der Waals surface area contributed by atoms with Crippen LogP contribution in [-0.4, -0.2) is 0 Å². The minimum atomic E-state index is -5.62. The molecule has 0 saturated heterocycles. The molecule has 0 unspecified atom stereocenters. The van der Waals surface area contributed by atoms with Crippen molar-refractivity contribution in [3.63, 3.8) is 0 Å². The van der Waals surface area contributed by atoms with E-state index in [0.29, 0.717) is 0 Å². The monoisotopic (exact) mass is 404 g/mol. The molecule has 0 aliphatic carbocycles. The SMILES string of the molecule is [I+].[K+].[O]=[Mn](=[O])(=[O])[O-].[O]=[Mn](=[O])(=[O])[O-]. The second-order valence-corrected chi connectivity index (χ2v) is 3.12. The summed E-state index contributed by atoms with van der Waals surface area (Å²) in [5.41, 5.74) is 0. The predicted molar refractivity (Wildman–Crippen MR) is 4.12 cm³/mol. The van der Waals surface area contributed by atoms with E-state index >= 15 is 0 Å². The first-order valence-electron chi connectivity index (χ1n) is 1.23. The molecule has 0 rings (SSSR count). The standard InChI is InChI=1S/I.K.2Mn.8O/q2*+1;;;;;;;;;2*-1. The van der Waals surface area contributed by atoms with Gasteiger partial charge in [0.1, 0.15) is 0 Å². The molecular weight excluding hydrogens is 404 g/mol. The molecule has 2 radical (unpaired) electrons. The Kier molecular flexibility index (Phi) is 19.1. The van der Waals surface area contributed by atoms with Crippen molar-refractivity contribution in [1.29, 1.82) is 0 Å². The molecule has 0 atom stereocenters. The molecule has 0 aliphatic rings. The zero-order valence-electron chi connectivity index (χ0n) is 5.40. The van der Waals surface area contributed by atoms with E-state index in [2.05, 4.69) is 0 Å². The Morgan fingerprint density at radius 3 is 0.667 bits per heavy atom. The van der Waals surface area contributed by atoms with Crippen molar-refractivity contribution in [3.05, 3.63) is 0 Å². The summed E-state index contributed by atoms with van der Waals surface area (Å²) in [5, 5.41) is 0. The van der Waals surface area contributed by atoms with Crippen molar-refractivity contribution in [2.45, 2.75) is 0 Å². The van der Waals surface area contributed by atoms with Crippen LogP contribution in [0, 0.1) is 0 Å². The Balaban J connectivity index is -0.0000000457. The molecule has 0 fully saturated rings. The molecule has 0 heterocycles. The summed E-state index contributed by atoms with van der Waals surface area (Å²) in [6.45, 7) is 0. The third kappa shape index (κ3) is 332. The van der Waals surface area contributed by atoms with Gasteiger partial charge in [-0.2, -0.15) is 0 Å². The number of rotatable bonds is 0. The van der Waals surface area contributed by atoms with Gasteiger partial charge in [0.15, 0.2) is 0 Å². The summed E-state index contributed by atoms with van der Waals surface area (Å²) in [5.74, 6) is 0. The van der Waals surface area contributed by atoms with Gasteiger partial charge in [-0.1, -0.05) is 0 Å². The van der Waals surface area contributed by atoms with Crippen molar-refractivity contribution in [2.24, 2.45) is 0 Å². The zero-order valence-corrected chi connectivity index (χ0v) is 13.0. The van der Waals surface area contributed by atoms with Crippen LogP contribution in [0.3, 0.4) is 0 Å². The Labute approximate surface area is 130 Å². The second kappa shape index (κ2) is 9.67. The normalized spacial score (nSPS) is 9.50. The molecule has 0 aliphatic heterocycles. The average Bonchev–Trinajstić information content (AvgIpc) is 1.12. The fourth-order valence-corrected chi connectivity index (χ4v) is 0. The van der Waals surface area contributed by atoms with Gasteiger partial charge in [-0.3, -0.25) is 0 Å². The first kappa shape index (κ1) is 23.7. The van der Waals surface area contributed by atoms with E-state index in [1.165, 1.54) is 0 Å². The van der Waals surface area contributed by atoms with E-state index < -0.39 is 25.9 Å². The molecule has 0 amide bonds. The first-order valence-corrected chi connectivity index (χ1v) is 5.09. The summed E-state index contributed by atoms with van der Waals surface area (Å²) in [6.07, 6.45) is 0. The molecule has 0 saturated carbocycles. The van der Waals surface area contributed by atoms with Crippen molar-refractivity contribution in [3.8, 4) is 0 Å². The summed E-state index contributed by atoms with van der Waals surface area (Å²) < 4.78 is 68.6. The van der Waals surface area contributed by atoms with E-state index in [0.717, 1.165) is 0 Å². The fraction of sp³-hybridized carbons (Fsp3) is 0. The third-order valence-corrected chi connectivity index (χ3v) is 0. The van der Waals surface area contributed by atoms with Gasteiger partial charge in [-0.15, -0.1) is 0 Å². The molecule has 0 bridgehead atoms. The van der Waals surface area contributed by atoms with Crippen molar-refractivity contribution in [1.82, 2.24) is 0 Å². The van der Waals surface area contributed by atoms with Gasteiger partial charge in [-0.05, 0) is 0 Å². The van der Waals surface area contributed by atoms with Gasteiger partial charge in [0.05, 0.1) is 0 Å². The summed E-state index contributed by atoms with van der Waals surface area (Å²) >= 11 is -11.2. The van der Waals surface area contributed by atoms with Gasteiger partial charge < -0.3 is 0 Å². The van der Waals surface area contributed by atoms with Gasteiger partial charge in [0.25, 0.3) is 0 Å². The summed E-state index contributed by atoms with van der Waals surface area (Å²) in [7, 11) is 0. The van der Waals surface area contributed by atoms with Crippen LogP contribution in [0.1, 0.15) is 0 Å². The Morgan fingerprint density at radius 1 is 0.667 bits per heavy atom. The maximum atomic E-state index is 8.58. The Bertz CT molecular complexity index is 301. The second-order valence-electron chi connectivity index (χ2n) is 0.756. The third-order valence-electron chi connectivity index (χ3n) is 0. The zero-order chi connectivity index (χ0) is 9.00. The predicted octanol–water partition coefficient (Wildman–Crippen LogP) is -9.09. The molecule has 0 aromatic rings. The topological polar surface area (TPSA) is 149 Å². The molecule has 12 heavy (non-hydrogen) atoms. The number of hydrogen-bond acceptors (Lipinski definition) is 8. The quantitative estimate of drug-likeness (QED) is 0.286. The van der Waals surface area contributed by atoms with Crippen LogP contribution in [0.15, 0.2) is 0 Å². The van der Waals surface area contributed by atoms with Crippen LogP contribution in [0.4, 0.5) is 0 Å². The Hall–Kier alpha value is 2.13. The number of hydrogen-bond donors (Lipinski definition) is 0.